The fourth-order valence-electron chi connectivity index (χ4n) is 0.589. The molecule has 1 heteroatoms. The monoisotopic (exact) mass is 120 g/mol. The highest BCUT2D eigenvalue weighted by Crippen LogP contribution is 1.97. The number of benzene rings is 1. The van der Waals surface area contributed by atoms with E-state index < -0.39 is 0 Å². The Morgan fingerprint density at radius 2 is 1.67 bits per heavy atom. The molecule has 0 amide bonds. The van der Waals surface area contributed by atoms with Crippen LogP contribution in [-0.2, 0) is 5.48 Å². The van der Waals surface area contributed by atoms with Gasteiger partial charge >= 0.3 is 0 Å². The molecule has 0 saturated heterocycles. The molecule has 0 aliphatic heterocycles. The summed E-state index contributed by atoms with van der Waals surface area (Å²) in [5.74, 6) is 0. The van der Waals surface area contributed by atoms with Crippen LogP contribution in [0.1, 0.15) is 5.56 Å². The molecule has 0 atom stereocenters. The van der Waals surface area contributed by atoms with E-state index in [1.165, 1.54) is 5.56 Å². The van der Waals surface area contributed by atoms with Crippen molar-refractivity contribution in [2.75, 3.05) is 0 Å². The van der Waals surface area contributed by atoms with Crippen LogP contribution in [0.3, 0.4) is 0 Å². The van der Waals surface area contributed by atoms with E-state index in [0.29, 0.717) is 0 Å². The molecule has 0 aliphatic rings. The summed E-state index contributed by atoms with van der Waals surface area (Å²) in [7, 11) is 0. The molecule has 0 unspecified atom stereocenters. The third-order valence-electron chi connectivity index (χ3n) is 1.04. The molecular weight excluding hydrogens is 112 g/mol. The number of hydrogen-bond donors (Lipinski definition) is 0. The molecule has 1 nitrogen and oxygen atoms in total. The second kappa shape index (κ2) is 3.87. The molecule has 0 saturated carbocycles. The Labute approximate surface area is 55.0 Å². The first-order chi connectivity index (χ1) is 3.93. The summed E-state index contributed by atoms with van der Waals surface area (Å²) in [4.78, 5) is 0. The number of hydrogen-bond acceptors (Lipinski definition) is 0. The highest BCUT2D eigenvalue weighted by atomic mass is 16.0. The van der Waals surface area contributed by atoms with Gasteiger partial charge in [0.25, 0.3) is 0 Å². The van der Waals surface area contributed by atoms with Crippen molar-refractivity contribution in [1.82, 2.24) is 0 Å². The van der Waals surface area contributed by atoms with E-state index >= 15 is 0 Å². The van der Waals surface area contributed by atoms with E-state index in [2.05, 4.69) is 6.58 Å². The average molecular weight is 120 g/mol. The molecule has 0 aliphatic carbocycles. The molecule has 9 heavy (non-hydrogen) atoms. The summed E-state index contributed by atoms with van der Waals surface area (Å²) in [5.41, 5.74) is 1.17. The summed E-state index contributed by atoms with van der Waals surface area (Å²) in [6.45, 7) is 3.63. The van der Waals surface area contributed by atoms with Crippen molar-refractivity contribution in [3.05, 3.63) is 42.5 Å². The SMILES string of the molecule is C=Cc1ccccc1.[O]. The van der Waals surface area contributed by atoms with Crippen LogP contribution < -0.4 is 0 Å². The zero-order valence-electron chi connectivity index (χ0n) is 5.08. The van der Waals surface area contributed by atoms with Crippen LogP contribution in [0.5, 0.6) is 0 Å². The normalized spacial score (nSPS) is 7.56. The van der Waals surface area contributed by atoms with E-state index in [0.717, 1.165) is 0 Å². The van der Waals surface area contributed by atoms with Crippen molar-refractivity contribution < 1.29 is 5.48 Å². The van der Waals surface area contributed by atoms with Gasteiger partial charge in [0, 0.05) is 5.48 Å². The predicted molar refractivity (Wildman–Crippen MR) is 37.2 cm³/mol. The molecule has 1 aromatic rings. The molecule has 0 fully saturated rings. The summed E-state index contributed by atoms with van der Waals surface area (Å²) in [6.07, 6.45) is 1.83. The van der Waals surface area contributed by atoms with E-state index in [-0.39, 0.29) is 5.48 Å². The van der Waals surface area contributed by atoms with Crippen molar-refractivity contribution in [2.45, 2.75) is 0 Å². The third-order valence-corrected chi connectivity index (χ3v) is 1.04. The lowest BCUT2D eigenvalue weighted by Gasteiger charge is -1.85. The molecule has 2 radical (unpaired) electrons. The van der Waals surface area contributed by atoms with Crippen molar-refractivity contribution in [2.24, 2.45) is 0 Å². The first-order valence-corrected chi connectivity index (χ1v) is 2.61. The highest BCUT2D eigenvalue weighted by molar-refractivity contribution is 5.45. The zero-order chi connectivity index (χ0) is 5.82. The van der Waals surface area contributed by atoms with Gasteiger partial charge in [-0.2, -0.15) is 0 Å². The van der Waals surface area contributed by atoms with E-state index in [1.54, 1.807) is 0 Å². The Bertz CT molecular complexity index is 167. The van der Waals surface area contributed by atoms with Gasteiger partial charge in [-0.15, -0.1) is 0 Å². The van der Waals surface area contributed by atoms with Gasteiger partial charge in [-0.1, -0.05) is 43.0 Å². The summed E-state index contributed by atoms with van der Waals surface area (Å²) >= 11 is 0. The van der Waals surface area contributed by atoms with Crippen LogP contribution in [0.25, 0.3) is 6.08 Å². The van der Waals surface area contributed by atoms with Gasteiger partial charge in [-0.3, -0.25) is 0 Å². The lowest BCUT2D eigenvalue weighted by atomic mass is 10.2. The quantitative estimate of drug-likeness (QED) is 0.543. The molecule has 0 aromatic heterocycles. The predicted octanol–water partition coefficient (Wildman–Crippen LogP) is 2.21. The van der Waals surface area contributed by atoms with Crippen LogP contribution in [0, 0.1) is 0 Å². The Balaban J connectivity index is 0.000000640. The molecule has 0 spiro atoms. The van der Waals surface area contributed by atoms with Crippen LogP contribution >= 0.6 is 0 Å². The molecule has 1 aromatic carbocycles. The largest absolute Gasteiger partial charge is 0.0985 e. The first kappa shape index (κ1) is 7.92. The fourth-order valence-corrected chi connectivity index (χ4v) is 0.589. The average Bonchev–Trinajstić information content (AvgIpc) is 1.90. The zero-order valence-corrected chi connectivity index (χ0v) is 5.08. The first-order valence-electron chi connectivity index (χ1n) is 2.61. The van der Waals surface area contributed by atoms with Gasteiger partial charge in [-0.25, -0.2) is 0 Å². The summed E-state index contributed by atoms with van der Waals surface area (Å²) in [6, 6.07) is 10.0. The van der Waals surface area contributed by atoms with Crippen LogP contribution in [-0.4, -0.2) is 0 Å². The molecule has 0 bridgehead atoms. The van der Waals surface area contributed by atoms with Crippen molar-refractivity contribution in [1.29, 1.82) is 0 Å². The Hall–Kier alpha value is -1.08. The smallest absolute Gasteiger partial charge is 0 e. The summed E-state index contributed by atoms with van der Waals surface area (Å²) in [5, 5.41) is 0. The van der Waals surface area contributed by atoms with Gasteiger partial charge < -0.3 is 0 Å². The van der Waals surface area contributed by atoms with Crippen LogP contribution in [0.4, 0.5) is 0 Å². The van der Waals surface area contributed by atoms with Crippen molar-refractivity contribution in [3.63, 3.8) is 0 Å². The minimum absolute atomic E-state index is 0. The molecule has 1 rings (SSSR count). The van der Waals surface area contributed by atoms with E-state index in [1.807, 2.05) is 36.4 Å². The maximum Gasteiger partial charge on any atom is 0 e. The maximum absolute atomic E-state index is 3.63. The molecular formula is C8H8O. The maximum atomic E-state index is 3.63. The van der Waals surface area contributed by atoms with E-state index in [9.17, 15) is 0 Å². The third kappa shape index (κ3) is 2.11. The topological polar surface area (TPSA) is 28.5 Å². The second-order valence-electron chi connectivity index (χ2n) is 1.61. The second-order valence-corrected chi connectivity index (χ2v) is 1.61. The minimum atomic E-state index is 0. The van der Waals surface area contributed by atoms with Crippen LogP contribution in [0.2, 0.25) is 0 Å². The Morgan fingerprint density at radius 1 is 1.11 bits per heavy atom. The molecule has 46 valence electrons. The van der Waals surface area contributed by atoms with Crippen molar-refractivity contribution >= 4 is 6.08 Å². The van der Waals surface area contributed by atoms with E-state index in [4.69, 9.17) is 0 Å². The van der Waals surface area contributed by atoms with Gasteiger partial charge in [0.1, 0.15) is 0 Å². The Kier molecular flexibility index (Phi) is 3.40. The van der Waals surface area contributed by atoms with Crippen molar-refractivity contribution in [3.8, 4) is 0 Å². The van der Waals surface area contributed by atoms with Gasteiger partial charge in [0.15, 0.2) is 0 Å². The molecule has 0 N–H and O–H groups in total. The standard InChI is InChI=1S/C8H8.O/c1-2-8-6-4-3-5-7-8;/h2-7H,1H2;. The van der Waals surface area contributed by atoms with Gasteiger partial charge in [-0.05, 0) is 5.56 Å². The molecule has 0 heterocycles. The fraction of sp³-hybridized carbons (Fsp3) is 0. The number of rotatable bonds is 1. The minimum Gasteiger partial charge on any atom is -0.0985 e. The Morgan fingerprint density at radius 3 is 2.00 bits per heavy atom. The highest BCUT2D eigenvalue weighted by Gasteiger charge is 1.75. The van der Waals surface area contributed by atoms with Gasteiger partial charge in [0.05, 0.1) is 0 Å². The lowest BCUT2D eigenvalue weighted by molar-refractivity contribution is 0.686. The lowest BCUT2D eigenvalue weighted by Crippen LogP contribution is -1.63. The summed E-state index contributed by atoms with van der Waals surface area (Å²) < 4.78 is 0. The van der Waals surface area contributed by atoms with Gasteiger partial charge in [0.2, 0.25) is 0 Å². The van der Waals surface area contributed by atoms with Crippen LogP contribution in [0.15, 0.2) is 36.9 Å².